The molecule has 0 aromatic carbocycles. The second-order valence-corrected chi connectivity index (χ2v) is 6.15. The Labute approximate surface area is 120 Å². The fraction of sp³-hybridized carbons (Fsp3) is 0.200. The first kappa shape index (κ1) is 12.5. The van der Waals surface area contributed by atoms with Crippen LogP contribution >= 0.6 is 27.3 Å². The van der Waals surface area contributed by atoms with E-state index >= 15 is 0 Å². The highest BCUT2D eigenvalue weighted by Gasteiger charge is 2.14. The zero-order valence-corrected chi connectivity index (χ0v) is 12.1. The fourth-order valence-electron chi connectivity index (χ4n) is 1.50. The van der Waals surface area contributed by atoms with Crippen LogP contribution in [0.4, 0.5) is 0 Å². The second kappa shape index (κ2) is 5.19. The molecule has 19 heavy (non-hydrogen) atoms. The topological polar surface area (TPSA) is 95.7 Å². The summed E-state index contributed by atoms with van der Waals surface area (Å²) in [4.78, 5) is 5.23. The van der Waals surface area contributed by atoms with E-state index in [0.717, 1.165) is 8.66 Å². The molecule has 0 radical (unpaired) electrons. The highest BCUT2D eigenvalue weighted by molar-refractivity contribution is 9.11. The molecule has 2 N–H and O–H groups in total. The zero-order chi connectivity index (χ0) is 13.2. The summed E-state index contributed by atoms with van der Waals surface area (Å²) < 4.78 is 7.85. The van der Waals surface area contributed by atoms with Crippen molar-refractivity contribution in [3.05, 3.63) is 22.1 Å². The first-order valence-corrected chi connectivity index (χ1v) is 7.07. The summed E-state index contributed by atoms with van der Waals surface area (Å²) in [6, 6.07) is 3.86. The lowest BCUT2D eigenvalue weighted by molar-refractivity contribution is 0.431. The van der Waals surface area contributed by atoms with Crippen LogP contribution < -0.4 is 5.73 Å². The van der Waals surface area contributed by atoms with Crippen LogP contribution in [0.25, 0.3) is 22.3 Å². The van der Waals surface area contributed by atoms with Gasteiger partial charge in [-0.15, -0.1) is 16.4 Å². The van der Waals surface area contributed by atoms with Crippen molar-refractivity contribution < 1.29 is 4.52 Å². The second-order valence-electron chi connectivity index (χ2n) is 3.68. The van der Waals surface area contributed by atoms with Crippen molar-refractivity contribution in [3.8, 4) is 22.3 Å². The summed E-state index contributed by atoms with van der Waals surface area (Å²) in [6.45, 7) is 1.10. The Morgan fingerprint density at radius 1 is 1.42 bits per heavy atom. The third-order valence-corrected chi connectivity index (χ3v) is 3.96. The molecule has 0 saturated heterocycles. The van der Waals surface area contributed by atoms with Gasteiger partial charge in [0.25, 0.3) is 5.89 Å². The lowest BCUT2D eigenvalue weighted by atomic mass is 10.4. The fourth-order valence-corrected chi connectivity index (χ4v) is 2.81. The minimum absolute atomic E-state index is 0.350. The number of halogens is 1. The lowest BCUT2D eigenvalue weighted by Crippen LogP contribution is -2.10. The predicted octanol–water partition coefficient (Wildman–Crippen LogP) is 1.78. The molecule has 7 nitrogen and oxygen atoms in total. The Morgan fingerprint density at radius 3 is 3.05 bits per heavy atom. The van der Waals surface area contributed by atoms with E-state index in [2.05, 4.69) is 36.4 Å². The van der Waals surface area contributed by atoms with Crippen LogP contribution in [0.5, 0.6) is 0 Å². The van der Waals surface area contributed by atoms with Crippen molar-refractivity contribution in [3.63, 3.8) is 0 Å². The molecule has 0 aliphatic rings. The maximum absolute atomic E-state index is 5.45. The van der Waals surface area contributed by atoms with Gasteiger partial charge in [-0.2, -0.15) is 4.98 Å². The number of rotatable bonds is 4. The summed E-state index contributed by atoms with van der Waals surface area (Å²) in [7, 11) is 0. The van der Waals surface area contributed by atoms with Gasteiger partial charge in [0.2, 0.25) is 5.82 Å². The van der Waals surface area contributed by atoms with E-state index in [-0.39, 0.29) is 0 Å². The number of nitrogens with zero attached hydrogens (tertiary/aromatic N) is 5. The molecule has 0 atom stereocenters. The molecule has 3 rings (SSSR count). The summed E-state index contributed by atoms with van der Waals surface area (Å²) in [6.07, 6.45) is 1.73. The van der Waals surface area contributed by atoms with Gasteiger partial charge in [0.15, 0.2) is 5.69 Å². The SMILES string of the molecule is NCCn1cc(-c2nc(-c3ccc(Br)s3)no2)nn1. The molecule has 0 fully saturated rings. The number of hydrogen-bond acceptors (Lipinski definition) is 7. The van der Waals surface area contributed by atoms with E-state index in [0.29, 0.717) is 30.5 Å². The molecule has 0 aliphatic heterocycles. The average molecular weight is 341 g/mol. The zero-order valence-electron chi connectivity index (χ0n) is 9.65. The van der Waals surface area contributed by atoms with Crippen LogP contribution in [0.2, 0.25) is 0 Å². The van der Waals surface area contributed by atoms with Crippen LogP contribution in [0, 0.1) is 0 Å². The summed E-state index contributed by atoms with van der Waals surface area (Å²) in [5.41, 5.74) is 5.99. The highest BCUT2D eigenvalue weighted by atomic mass is 79.9. The van der Waals surface area contributed by atoms with Gasteiger partial charge in [-0.1, -0.05) is 10.4 Å². The average Bonchev–Trinajstić information content (AvgIpc) is 3.07. The number of hydrogen-bond donors (Lipinski definition) is 1. The normalized spacial score (nSPS) is 11.1. The molecule has 3 heterocycles. The quantitative estimate of drug-likeness (QED) is 0.777. The van der Waals surface area contributed by atoms with Gasteiger partial charge < -0.3 is 10.3 Å². The smallest absolute Gasteiger partial charge is 0.280 e. The molecule has 0 aliphatic carbocycles. The molecule has 0 unspecified atom stereocenters. The summed E-state index contributed by atoms with van der Waals surface area (Å²) in [5, 5.41) is 11.8. The van der Waals surface area contributed by atoms with Crippen molar-refractivity contribution in [2.24, 2.45) is 5.73 Å². The third-order valence-electron chi connectivity index (χ3n) is 2.34. The molecule has 0 spiro atoms. The van der Waals surface area contributed by atoms with Crippen molar-refractivity contribution in [2.45, 2.75) is 6.54 Å². The van der Waals surface area contributed by atoms with Crippen LogP contribution in [-0.4, -0.2) is 31.7 Å². The van der Waals surface area contributed by atoms with Crippen LogP contribution in [0.15, 0.2) is 26.6 Å². The lowest BCUT2D eigenvalue weighted by Gasteiger charge is -1.91. The number of aromatic nitrogens is 5. The van der Waals surface area contributed by atoms with E-state index < -0.39 is 0 Å². The molecule has 3 aromatic heterocycles. The van der Waals surface area contributed by atoms with Gasteiger partial charge in [-0.3, -0.25) is 4.68 Å². The Morgan fingerprint density at radius 2 is 2.32 bits per heavy atom. The third kappa shape index (κ3) is 2.57. The van der Waals surface area contributed by atoms with Gasteiger partial charge in [0.1, 0.15) is 0 Å². The Balaban J connectivity index is 1.87. The molecule has 98 valence electrons. The van der Waals surface area contributed by atoms with E-state index in [1.165, 1.54) is 11.3 Å². The van der Waals surface area contributed by atoms with E-state index in [9.17, 15) is 0 Å². The molecular weight excluding hydrogens is 332 g/mol. The summed E-state index contributed by atoms with van der Waals surface area (Å²) in [5.74, 6) is 0.891. The number of nitrogens with two attached hydrogens (primary N) is 1. The maximum atomic E-state index is 5.45. The van der Waals surface area contributed by atoms with E-state index in [1.54, 1.807) is 10.9 Å². The summed E-state index contributed by atoms with van der Waals surface area (Å²) >= 11 is 4.93. The monoisotopic (exact) mass is 340 g/mol. The molecule has 0 amide bonds. The molecular formula is C10H9BrN6OS. The standard InChI is InChI=1S/C10H9BrN6OS/c11-8-2-1-7(19-8)9-13-10(18-15-9)6-5-17(4-3-12)16-14-6/h1-2,5H,3-4,12H2. The maximum Gasteiger partial charge on any atom is 0.280 e. The van der Waals surface area contributed by atoms with Crippen molar-refractivity contribution in [1.82, 2.24) is 25.1 Å². The first-order chi connectivity index (χ1) is 9.26. The van der Waals surface area contributed by atoms with Gasteiger partial charge in [-0.25, -0.2) is 0 Å². The van der Waals surface area contributed by atoms with Crippen molar-refractivity contribution >= 4 is 27.3 Å². The molecule has 0 saturated carbocycles. The van der Waals surface area contributed by atoms with Gasteiger partial charge in [-0.05, 0) is 28.1 Å². The predicted molar refractivity (Wildman–Crippen MR) is 73.4 cm³/mol. The minimum Gasteiger partial charge on any atom is -0.332 e. The van der Waals surface area contributed by atoms with Crippen LogP contribution in [-0.2, 0) is 6.54 Å². The van der Waals surface area contributed by atoms with Crippen LogP contribution in [0.1, 0.15) is 0 Å². The van der Waals surface area contributed by atoms with Crippen molar-refractivity contribution in [1.29, 1.82) is 0 Å². The van der Waals surface area contributed by atoms with Crippen LogP contribution in [0.3, 0.4) is 0 Å². The Bertz CT molecular complexity index is 690. The van der Waals surface area contributed by atoms with E-state index in [4.69, 9.17) is 10.3 Å². The minimum atomic E-state index is 0.350. The van der Waals surface area contributed by atoms with Crippen molar-refractivity contribution in [2.75, 3.05) is 6.54 Å². The largest absolute Gasteiger partial charge is 0.332 e. The van der Waals surface area contributed by atoms with E-state index in [1.807, 2.05) is 12.1 Å². The van der Waals surface area contributed by atoms with Gasteiger partial charge >= 0.3 is 0 Å². The first-order valence-electron chi connectivity index (χ1n) is 5.46. The van der Waals surface area contributed by atoms with Gasteiger partial charge in [0, 0.05) is 6.54 Å². The van der Waals surface area contributed by atoms with Gasteiger partial charge in [0.05, 0.1) is 21.4 Å². The molecule has 3 aromatic rings. The molecule has 0 bridgehead atoms. The molecule has 9 heteroatoms. The highest BCUT2D eigenvalue weighted by Crippen LogP contribution is 2.30. The Kier molecular flexibility index (Phi) is 3.40. The number of thiophene rings is 1. The Hall–Kier alpha value is -1.58.